The van der Waals surface area contributed by atoms with E-state index in [1.807, 2.05) is 24.3 Å². The van der Waals surface area contributed by atoms with Gasteiger partial charge in [-0.15, -0.1) is 11.3 Å². The zero-order valence-corrected chi connectivity index (χ0v) is 13.3. The van der Waals surface area contributed by atoms with Gasteiger partial charge in [0.1, 0.15) is 5.75 Å². The quantitative estimate of drug-likeness (QED) is 0.833. The van der Waals surface area contributed by atoms with Crippen molar-refractivity contribution in [3.05, 3.63) is 52.2 Å². The summed E-state index contributed by atoms with van der Waals surface area (Å²) in [5.41, 5.74) is 5.72. The minimum absolute atomic E-state index is 0.158. The standard InChI is InChI=1S/C16H18N2O3S/c1-11(2)12-6-3-4-7-13(12)21-10-15(19)17-18-16(20)14-8-5-9-22-14/h3-9,11H,10H2,1-2H3,(H,17,19)(H,18,20). The average Bonchev–Trinajstić information content (AvgIpc) is 3.05. The third-order valence-electron chi connectivity index (χ3n) is 2.96. The number of hydrazine groups is 1. The molecule has 0 unspecified atom stereocenters. The third-order valence-corrected chi connectivity index (χ3v) is 3.83. The van der Waals surface area contributed by atoms with Gasteiger partial charge in [-0.3, -0.25) is 20.4 Å². The lowest BCUT2D eigenvalue weighted by molar-refractivity contribution is -0.123. The zero-order chi connectivity index (χ0) is 15.9. The van der Waals surface area contributed by atoms with E-state index in [1.54, 1.807) is 17.5 Å². The van der Waals surface area contributed by atoms with Crippen LogP contribution in [0.4, 0.5) is 0 Å². The molecule has 6 heteroatoms. The van der Waals surface area contributed by atoms with Crippen molar-refractivity contribution in [1.29, 1.82) is 0 Å². The van der Waals surface area contributed by atoms with Crippen molar-refractivity contribution < 1.29 is 14.3 Å². The monoisotopic (exact) mass is 318 g/mol. The Balaban J connectivity index is 1.82. The van der Waals surface area contributed by atoms with E-state index in [1.165, 1.54) is 11.3 Å². The number of benzene rings is 1. The van der Waals surface area contributed by atoms with Gasteiger partial charge in [-0.2, -0.15) is 0 Å². The molecule has 0 aliphatic heterocycles. The molecule has 0 aliphatic rings. The third kappa shape index (κ3) is 4.33. The topological polar surface area (TPSA) is 67.4 Å². The summed E-state index contributed by atoms with van der Waals surface area (Å²) in [5.74, 6) is 0.226. The highest BCUT2D eigenvalue weighted by Gasteiger charge is 2.11. The zero-order valence-electron chi connectivity index (χ0n) is 12.5. The van der Waals surface area contributed by atoms with E-state index in [2.05, 4.69) is 24.7 Å². The molecule has 1 aromatic carbocycles. The van der Waals surface area contributed by atoms with Crippen LogP contribution in [0.3, 0.4) is 0 Å². The van der Waals surface area contributed by atoms with E-state index in [0.717, 1.165) is 5.56 Å². The second-order valence-electron chi connectivity index (χ2n) is 4.96. The molecule has 0 radical (unpaired) electrons. The van der Waals surface area contributed by atoms with E-state index in [9.17, 15) is 9.59 Å². The lowest BCUT2D eigenvalue weighted by atomic mass is 10.0. The molecule has 0 aliphatic carbocycles. The normalized spacial score (nSPS) is 10.3. The maximum Gasteiger partial charge on any atom is 0.279 e. The fourth-order valence-corrected chi connectivity index (χ4v) is 2.48. The SMILES string of the molecule is CC(C)c1ccccc1OCC(=O)NNC(=O)c1cccs1. The molecule has 2 amide bonds. The molecule has 0 bridgehead atoms. The van der Waals surface area contributed by atoms with E-state index in [4.69, 9.17) is 4.74 Å². The van der Waals surface area contributed by atoms with Crippen molar-refractivity contribution in [3.63, 3.8) is 0 Å². The highest BCUT2D eigenvalue weighted by molar-refractivity contribution is 7.12. The number of hydrogen-bond acceptors (Lipinski definition) is 4. The summed E-state index contributed by atoms with van der Waals surface area (Å²) in [5, 5.41) is 1.79. The smallest absolute Gasteiger partial charge is 0.279 e. The Morgan fingerprint density at radius 3 is 2.59 bits per heavy atom. The molecule has 1 heterocycles. The lowest BCUT2D eigenvalue weighted by Gasteiger charge is -2.13. The summed E-state index contributed by atoms with van der Waals surface area (Å²) in [7, 11) is 0. The van der Waals surface area contributed by atoms with Crippen molar-refractivity contribution in [2.75, 3.05) is 6.61 Å². The molecule has 0 spiro atoms. The van der Waals surface area contributed by atoms with Gasteiger partial charge in [-0.05, 0) is 29.0 Å². The molecule has 0 saturated carbocycles. The second-order valence-corrected chi connectivity index (χ2v) is 5.91. The summed E-state index contributed by atoms with van der Waals surface area (Å²) in [6, 6.07) is 11.0. The molecule has 116 valence electrons. The molecule has 2 rings (SSSR count). The van der Waals surface area contributed by atoms with Crippen LogP contribution in [0.5, 0.6) is 5.75 Å². The Bertz CT molecular complexity index is 639. The number of carbonyl (C=O) groups excluding carboxylic acids is 2. The number of para-hydroxylation sites is 1. The van der Waals surface area contributed by atoms with Gasteiger partial charge in [0.2, 0.25) is 0 Å². The van der Waals surface area contributed by atoms with E-state index in [0.29, 0.717) is 16.5 Å². The van der Waals surface area contributed by atoms with Crippen molar-refractivity contribution in [2.45, 2.75) is 19.8 Å². The second kappa shape index (κ2) is 7.61. The lowest BCUT2D eigenvalue weighted by Crippen LogP contribution is -2.43. The van der Waals surface area contributed by atoms with Crippen molar-refractivity contribution in [2.24, 2.45) is 0 Å². The molecule has 0 saturated heterocycles. The van der Waals surface area contributed by atoms with Gasteiger partial charge in [0.15, 0.2) is 6.61 Å². The Morgan fingerprint density at radius 2 is 1.91 bits per heavy atom. The van der Waals surface area contributed by atoms with Crippen LogP contribution in [-0.2, 0) is 4.79 Å². The Kier molecular flexibility index (Phi) is 5.55. The van der Waals surface area contributed by atoms with Gasteiger partial charge in [0, 0.05) is 0 Å². The van der Waals surface area contributed by atoms with Crippen LogP contribution in [0.1, 0.15) is 35.0 Å². The van der Waals surface area contributed by atoms with Gasteiger partial charge in [0.25, 0.3) is 11.8 Å². The molecule has 0 atom stereocenters. The first-order valence-corrected chi connectivity index (χ1v) is 7.80. The molecular weight excluding hydrogens is 300 g/mol. The summed E-state index contributed by atoms with van der Waals surface area (Å²) in [6.07, 6.45) is 0. The van der Waals surface area contributed by atoms with Gasteiger partial charge < -0.3 is 4.74 Å². The summed E-state index contributed by atoms with van der Waals surface area (Å²) in [4.78, 5) is 23.9. The largest absolute Gasteiger partial charge is 0.483 e. The molecule has 5 nitrogen and oxygen atoms in total. The number of carbonyl (C=O) groups is 2. The minimum Gasteiger partial charge on any atom is -0.483 e. The summed E-state index contributed by atoms with van der Waals surface area (Å²) in [6.45, 7) is 3.96. The predicted molar refractivity (Wildman–Crippen MR) is 86.0 cm³/mol. The van der Waals surface area contributed by atoms with Crippen LogP contribution < -0.4 is 15.6 Å². The van der Waals surface area contributed by atoms with E-state index in [-0.39, 0.29) is 12.5 Å². The predicted octanol–water partition coefficient (Wildman–Crippen LogP) is 2.71. The Morgan fingerprint density at radius 1 is 1.14 bits per heavy atom. The molecule has 0 fully saturated rings. The van der Waals surface area contributed by atoms with Gasteiger partial charge in [-0.25, -0.2) is 0 Å². The number of amides is 2. The van der Waals surface area contributed by atoms with Crippen LogP contribution in [0.2, 0.25) is 0 Å². The van der Waals surface area contributed by atoms with Crippen LogP contribution in [0.15, 0.2) is 41.8 Å². The highest BCUT2D eigenvalue weighted by atomic mass is 32.1. The number of thiophene rings is 1. The molecule has 2 aromatic rings. The Labute approximate surface area is 133 Å². The van der Waals surface area contributed by atoms with Crippen molar-refractivity contribution >= 4 is 23.2 Å². The first-order valence-electron chi connectivity index (χ1n) is 6.92. The van der Waals surface area contributed by atoms with E-state index >= 15 is 0 Å². The molecule has 2 N–H and O–H groups in total. The van der Waals surface area contributed by atoms with Gasteiger partial charge in [-0.1, -0.05) is 38.1 Å². The van der Waals surface area contributed by atoms with Crippen LogP contribution >= 0.6 is 11.3 Å². The maximum atomic E-state index is 11.7. The van der Waals surface area contributed by atoms with Crippen molar-refractivity contribution in [1.82, 2.24) is 10.9 Å². The first-order chi connectivity index (χ1) is 10.6. The molecule has 1 aromatic heterocycles. The number of ether oxygens (including phenoxy) is 1. The average molecular weight is 318 g/mol. The summed E-state index contributed by atoms with van der Waals surface area (Å²) >= 11 is 1.30. The van der Waals surface area contributed by atoms with Crippen LogP contribution in [-0.4, -0.2) is 18.4 Å². The van der Waals surface area contributed by atoms with E-state index < -0.39 is 5.91 Å². The van der Waals surface area contributed by atoms with Gasteiger partial charge in [0.05, 0.1) is 4.88 Å². The highest BCUT2D eigenvalue weighted by Crippen LogP contribution is 2.25. The minimum atomic E-state index is -0.413. The van der Waals surface area contributed by atoms with Crippen LogP contribution in [0.25, 0.3) is 0 Å². The van der Waals surface area contributed by atoms with Crippen molar-refractivity contribution in [3.8, 4) is 5.75 Å². The number of nitrogens with one attached hydrogen (secondary N) is 2. The summed E-state index contributed by atoms with van der Waals surface area (Å²) < 4.78 is 5.52. The molecular formula is C16H18N2O3S. The fourth-order valence-electron chi connectivity index (χ4n) is 1.86. The number of rotatable bonds is 5. The Hall–Kier alpha value is -2.34. The molecule has 22 heavy (non-hydrogen) atoms. The number of hydrogen-bond donors (Lipinski definition) is 2. The fraction of sp³-hybridized carbons (Fsp3) is 0.250. The van der Waals surface area contributed by atoms with Gasteiger partial charge >= 0.3 is 0 Å². The first kappa shape index (κ1) is 16.0. The van der Waals surface area contributed by atoms with Crippen LogP contribution in [0, 0.1) is 0 Å². The maximum absolute atomic E-state index is 11.7.